The van der Waals surface area contributed by atoms with Crippen molar-refractivity contribution in [3.63, 3.8) is 0 Å². The minimum atomic E-state index is -3.80. The third kappa shape index (κ3) is 3.27. The third-order valence-electron chi connectivity index (χ3n) is 5.63. The van der Waals surface area contributed by atoms with Crippen LogP contribution in [-0.4, -0.2) is 46.0 Å². The fraction of sp³-hybridized carbons (Fsp3) is 0.381. The first-order valence-corrected chi connectivity index (χ1v) is 11.0. The molecule has 1 unspecified atom stereocenters. The van der Waals surface area contributed by atoms with Gasteiger partial charge in [0, 0.05) is 18.7 Å². The van der Waals surface area contributed by atoms with Crippen molar-refractivity contribution in [3.8, 4) is 17.2 Å². The van der Waals surface area contributed by atoms with E-state index in [1.807, 2.05) is 19.1 Å². The number of anilines is 1. The van der Waals surface area contributed by atoms with Gasteiger partial charge in [0.15, 0.2) is 18.1 Å². The second kappa shape index (κ2) is 7.48. The Bertz CT molecular complexity index is 1130. The SMILES string of the molecule is COc1cc2c(cc1OC)C(C)N(S(=O)(=O)c1cc3c(cc1C)NC(=O)CO3)CC2. The summed E-state index contributed by atoms with van der Waals surface area (Å²) in [4.78, 5) is 11.7. The summed E-state index contributed by atoms with van der Waals surface area (Å²) in [5.74, 6) is 1.29. The maximum Gasteiger partial charge on any atom is 0.262 e. The van der Waals surface area contributed by atoms with Crippen LogP contribution in [0.2, 0.25) is 0 Å². The molecular weight excluding hydrogens is 408 g/mol. The van der Waals surface area contributed by atoms with Crippen molar-refractivity contribution in [3.05, 3.63) is 41.0 Å². The molecule has 2 aliphatic rings. The van der Waals surface area contributed by atoms with E-state index in [0.29, 0.717) is 41.5 Å². The van der Waals surface area contributed by atoms with Crippen LogP contribution in [-0.2, 0) is 21.2 Å². The average Bonchev–Trinajstić information content (AvgIpc) is 2.72. The molecule has 4 rings (SSSR count). The zero-order valence-electron chi connectivity index (χ0n) is 17.3. The molecule has 2 aliphatic heterocycles. The van der Waals surface area contributed by atoms with Crippen LogP contribution >= 0.6 is 0 Å². The van der Waals surface area contributed by atoms with Crippen LogP contribution in [0, 0.1) is 6.92 Å². The van der Waals surface area contributed by atoms with Gasteiger partial charge in [0.1, 0.15) is 5.75 Å². The van der Waals surface area contributed by atoms with Crippen LogP contribution in [0.5, 0.6) is 17.2 Å². The monoisotopic (exact) mass is 432 g/mol. The van der Waals surface area contributed by atoms with Crippen molar-refractivity contribution >= 4 is 21.6 Å². The number of benzene rings is 2. The van der Waals surface area contributed by atoms with Crippen LogP contribution < -0.4 is 19.5 Å². The van der Waals surface area contributed by atoms with Gasteiger partial charge in [-0.05, 0) is 55.2 Å². The first kappa shape index (κ1) is 20.5. The Hall–Kier alpha value is -2.78. The number of nitrogens with zero attached hydrogens (tertiary/aromatic N) is 1. The molecule has 0 aromatic heterocycles. The van der Waals surface area contributed by atoms with E-state index in [9.17, 15) is 13.2 Å². The highest BCUT2D eigenvalue weighted by Gasteiger charge is 2.36. The highest BCUT2D eigenvalue weighted by atomic mass is 32.2. The van der Waals surface area contributed by atoms with E-state index in [-0.39, 0.29) is 23.5 Å². The second-order valence-corrected chi connectivity index (χ2v) is 9.26. The first-order valence-electron chi connectivity index (χ1n) is 9.60. The minimum absolute atomic E-state index is 0.134. The van der Waals surface area contributed by atoms with Crippen molar-refractivity contribution in [1.29, 1.82) is 0 Å². The summed E-state index contributed by atoms with van der Waals surface area (Å²) in [6, 6.07) is 6.51. The van der Waals surface area contributed by atoms with Crippen LogP contribution in [0.1, 0.15) is 29.7 Å². The molecule has 30 heavy (non-hydrogen) atoms. The number of sulfonamides is 1. The van der Waals surface area contributed by atoms with Gasteiger partial charge >= 0.3 is 0 Å². The molecule has 9 heteroatoms. The Balaban J connectivity index is 1.74. The number of carbonyl (C=O) groups excluding carboxylic acids is 1. The number of aryl methyl sites for hydroxylation is 1. The van der Waals surface area contributed by atoms with Gasteiger partial charge in [-0.3, -0.25) is 4.79 Å². The first-order chi connectivity index (χ1) is 14.3. The Morgan fingerprint density at radius 2 is 1.83 bits per heavy atom. The zero-order chi connectivity index (χ0) is 21.6. The lowest BCUT2D eigenvalue weighted by molar-refractivity contribution is -0.118. The molecule has 0 fully saturated rings. The van der Waals surface area contributed by atoms with E-state index in [0.717, 1.165) is 11.1 Å². The number of carbonyl (C=O) groups is 1. The van der Waals surface area contributed by atoms with Crippen molar-refractivity contribution in [2.75, 3.05) is 32.7 Å². The van der Waals surface area contributed by atoms with Crippen LogP contribution in [0.3, 0.4) is 0 Å². The Morgan fingerprint density at radius 3 is 2.53 bits per heavy atom. The number of ether oxygens (including phenoxy) is 3. The standard InChI is InChI=1S/C21H24N2O6S/c1-12-7-16-17(29-11-21(24)22-16)10-20(12)30(25,26)23-6-5-14-8-18(27-3)19(28-4)9-15(14)13(23)2/h7-10,13H,5-6,11H2,1-4H3,(H,22,24). The summed E-state index contributed by atoms with van der Waals surface area (Å²) >= 11 is 0. The summed E-state index contributed by atoms with van der Waals surface area (Å²) in [7, 11) is -0.661. The third-order valence-corrected chi connectivity index (χ3v) is 7.74. The molecule has 0 radical (unpaired) electrons. The van der Waals surface area contributed by atoms with Gasteiger partial charge in [0.25, 0.3) is 5.91 Å². The number of hydrogen-bond donors (Lipinski definition) is 1. The lowest BCUT2D eigenvalue weighted by atomic mass is 9.94. The van der Waals surface area contributed by atoms with Crippen LogP contribution in [0.15, 0.2) is 29.2 Å². The number of amides is 1. The average molecular weight is 432 g/mol. The molecular formula is C21H24N2O6S. The number of fused-ring (bicyclic) bond motifs is 2. The fourth-order valence-electron chi connectivity index (χ4n) is 4.07. The predicted molar refractivity (Wildman–Crippen MR) is 111 cm³/mol. The lowest BCUT2D eigenvalue weighted by Crippen LogP contribution is -2.39. The van der Waals surface area contributed by atoms with Crippen molar-refractivity contribution in [1.82, 2.24) is 4.31 Å². The van der Waals surface area contributed by atoms with E-state index in [2.05, 4.69) is 5.32 Å². The van der Waals surface area contributed by atoms with Gasteiger partial charge < -0.3 is 19.5 Å². The van der Waals surface area contributed by atoms with Gasteiger partial charge in [-0.2, -0.15) is 4.31 Å². The summed E-state index contributed by atoms with van der Waals surface area (Å²) in [6.07, 6.45) is 0.565. The molecule has 2 heterocycles. The van der Waals surface area contributed by atoms with Gasteiger partial charge in [-0.1, -0.05) is 0 Å². The zero-order valence-corrected chi connectivity index (χ0v) is 18.1. The molecule has 0 bridgehead atoms. The maximum absolute atomic E-state index is 13.6. The quantitative estimate of drug-likeness (QED) is 0.798. The summed E-state index contributed by atoms with van der Waals surface area (Å²) in [5.41, 5.74) is 2.96. The molecule has 1 amide bonds. The number of rotatable bonds is 4. The lowest BCUT2D eigenvalue weighted by Gasteiger charge is -2.35. The molecule has 2 aromatic rings. The van der Waals surface area contributed by atoms with E-state index in [1.165, 1.54) is 10.4 Å². The molecule has 2 aromatic carbocycles. The van der Waals surface area contributed by atoms with Gasteiger partial charge in [0.2, 0.25) is 10.0 Å². The predicted octanol–water partition coefficient (Wildman–Crippen LogP) is 2.65. The van der Waals surface area contributed by atoms with Gasteiger partial charge in [-0.25, -0.2) is 8.42 Å². The number of methoxy groups -OCH3 is 2. The Morgan fingerprint density at radius 1 is 1.13 bits per heavy atom. The molecule has 0 saturated heterocycles. The molecule has 160 valence electrons. The molecule has 0 saturated carbocycles. The molecule has 1 N–H and O–H groups in total. The van der Waals surface area contributed by atoms with E-state index < -0.39 is 10.0 Å². The van der Waals surface area contributed by atoms with Gasteiger partial charge in [0.05, 0.1) is 24.8 Å². The van der Waals surface area contributed by atoms with E-state index >= 15 is 0 Å². The molecule has 0 spiro atoms. The summed E-state index contributed by atoms with van der Waals surface area (Å²) in [6.45, 7) is 3.79. The fourth-order valence-corrected chi connectivity index (χ4v) is 5.91. The van der Waals surface area contributed by atoms with E-state index in [1.54, 1.807) is 27.2 Å². The smallest absolute Gasteiger partial charge is 0.262 e. The summed E-state index contributed by atoms with van der Waals surface area (Å²) < 4.78 is 44.9. The topological polar surface area (TPSA) is 94.2 Å². The molecule has 0 aliphatic carbocycles. The number of hydrogen-bond acceptors (Lipinski definition) is 6. The Kier molecular flexibility index (Phi) is 5.11. The normalized spacial score (nSPS) is 18.7. The summed E-state index contributed by atoms with van der Waals surface area (Å²) in [5, 5.41) is 2.71. The van der Waals surface area contributed by atoms with Crippen LogP contribution in [0.25, 0.3) is 0 Å². The Labute approximate surface area is 175 Å². The largest absolute Gasteiger partial charge is 0.493 e. The highest BCUT2D eigenvalue weighted by Crippen LogP contribution is 2.41. The van der Waals surface area contributed by atoms with Crippen LogP contribution in [0.4, 0.5) is 5.69 Å². The molecule has 8 nitrogen and oxygen atoms in total. The molecule has 1 atom stereocenters. The van der Waals surface area contributed by atoms with Gasteiger partial charge in [-0.15, -0.1) is 0 Å². The highest BCUT2D eigenvalue weighted by molar-refractivity contribution is 7.89. The van der Waals surface area contributed by atoms with Crippen molar-refractivity contribution < 1.29 is 27.4 Å². The maximum atomic E-state index is 13.6. The van der Waals surface area contributed by atoms with Crippen molar-refractivity contribution in [2.45, 2.75) is 31.2 Å². The second-order valence-electron chi connectivity index (χ2n) is 7.40. The van der Waals surface area contributed by atoms with E-state index in [4.69, 9.17) is 14.2 Å². The van der Waals surface area contributed by atoms with Crippen molar-refractivity contribution in [2.24, 2.45) is 0 Å². The number of nitrogens with one attached hydrogen (secondary N) is 1. The minimum Gasteiger partial charge on any atom is -0.493 e.